The lowest BCUT2D eigenvalue weighted by atomic mass is 10.1. The van der Waals surface area contributed by atoms with E-state index in [9.17, 15) is 9.59 Å². The van der Waals surface area contributed by atoms with Crippen LogP contribution in [0.15, 0.2) is 0 Å². The van der Waals surface area contributed by atoms with Crippen LogP contribution in [0.25, 0.3) is 0 Å². The minimum Gasteiger partial charge on any atom is -0.393 e. The van der Waals surface area contributed by atoms with Crippen molar-refractivity contribution in [2.75, 3.05) is 19.6 Å². The topological polar surface area (TPSA) is 75.4 Å². The maximum absolute atomic E-state index is 11.7. The Kier molecular flexibility index (Phi) is 7.45. The van der Waals surface area contributed by atoms with Crippen LogP contribution in [0.1, 0.15) is 27.2 Å². The first-order valence-corrected chi connectivity index (χ1v) is 6.23. The molecule has 1 unspecified atom stereocenters. The molecule has 0 aromatic heterocycles. The van der Waals surface area contributed by atoms with Gasteiger partial charge in [0.1, 0.15) is 0 Å². The third-order valence-corrected chi connectivity index (χ3v) is 2.88. The van der Waals surface area contributed by atoms with Crippen molar-refractivity contribution in [2.24, 2.45) is 11.7 Å². The van der Waals surface area contributed by atoms with E-state index in [-0.39, 0.29) is 23.3 Å². The Bertz CT molecular complexity index is 290. The molecule has 5 nitrogen and oxygen atoms in total. The van der Waals surface area contributed by atoms with Gasteiger partial charge >= 0.3 is 0 Å². The summed E-state index contributed by atoms with van der Waals surface area (Å²) >= 11 is 4.79. The zero-order chi connectivity index (χ0) is 13.4. The van der Waals surface area contributed by atoms with Crippen molar-refractivity contribution in [2.45, 2.75) is 27.2 Å². The summed E-state index contributed by atoms with van der Waals surface area (Å²) in [5, 5.41) is 2.57. The van der Waals surface area contributed by atoms with E-state index in [2.05, 4.69) is 5.32 Å². The van der Waals surface area contributed by atoms with Gasteiger partial charge in [0.05, 0.1) is 17.5 Å². The predicted octanol–water partition coefficient (Wildman–Crippen LogP) is 0.283. The van der Waals surface area contributed by atoms with Crippen LogP contribution in [-0.4, -0.2) is 41.3 Å². The molecule has 0 radical (unpaired) electrons. The Labute approximate surface area is 108 Å². The number of rotatable bonds is 7. The minimum atomic E-state index is -0.491. The van der Waals surface area contributed by atoms with E-state index in [0.29, 0.717) is 19.5 Å². The standard InChI is InChI=1S/C11H21N3O2S/c1-4-8(10(12)17)11(16)13-7-9(15)14(5-2)6-3/h8H,4-7H2,1-3H3,(H2,12,17)(H,13,16). The molecule has 0 bridgehead atoms. The normalized spacial score (nSPS) is 11.7. The number of hydrogen-bond acceptors (Lipinski definition) is 3. The zero-order valence-electron chi connectivity index (χ0n) is 10.7. The lowest BCUT2D eigenvalue weighted by molar-refractivity contribution is -0.133. The number of nitrogens with two attached hydrogens (primary N) is 1. The summed E-state index contributed by atoms with van der Waals surface area (Å²) in [5.41, 5.74) is 5.44. The fourth-order valence-electron chi connectivity index (χ4n) is 1.49. The van der Waals surface area contributed by atoms with E-state index in [1.807, 2.05) is 20.8 Å². The summed E-state index contributed by atoms with van der Waals surface area (Å²) in [6, 6.07) is 0. The zero-order valence-corrected chi connectivity index (χ0v) is 11.5. The Balaban J connectivity index is 4.23. The Hall–Kier alpha value is -1.17. The van der Waals surface area contributed by atoms with Gasteiger partial charge in [-0.1, -0.05) is 19.1 Å². The van der Waals surface area contributed by atoms with Gasteiger partial charge in [-0.25, -0.2) is 0 Å². The van der Waals surface area contributed by atoms with Crippen molar-refractivity contribution in [1.29, 1.82) is 0 Å². The monoisotopic (exact) mass is 259 g/mol. The maximum Gasteiger partial charge on any atom is 0.241 e. The Morgan fingerprint density at radius 1 is 1.29 bits per heavy atom. The van der Waals surface area contributed by atoms with Crippen molar-refractivity contribution in [3.05, 3.63) is 0 Å². The van der Waals surface area contributed by atoms with Gasteiger partial charge in [-0.3, -0.25) is 9.59 Å². The van der Waals surface area contributed by atoms with E-state index in [1.165, 1.54) is 0 Å². The lowest BCUT2D eigenvalue weighted by Gasteiger charge is -2.19. The van der Waals surface area contributed by atoms with Crippen molar-refractivity contribution < 1.29 is 9.59 Å². The molecule has 2 amide bonds. The smallest absolute Gasteiger partial charge is 0.241 e. The van der Waals surface area contributed by atoms with Crippen LogP contribution in [0.2, 0.25) is 0 Å². The molecule has 0 aliphatic carbocycles. The number of carbonyl (C=O) groups is 2. The molecule has 0 saturated carbocycles. The van der Waals surface area contributed by atoms with Crippen LogP contribution in [0.5, 0.6) is 0 Å². The third-order valence-electron chi connectivity index (χ3n) is 2.60. The van der Waals surface area contributed by atoms with E-state index in [1.54, 1.807) is 4.90 Å². The minimum absolute atomic E-state index is 0.000370. The van der Waals surface area contributed by atoms with Gasteiger partial charge in [0.2, 0.25) is 11.8 Å². The highest BCUT2D eigenvalue weighted by Gasteiger charge is 2.20. The molecular weight excluding hydrogens is 238 g/mol. The summed E-state index contributed by atoms with van der Waals surface area (Å²) in [4.78, 5) is 25.1. The summed E-state index contributed by atoms with van der Waals surface area (Å²) in [7, 11) is 0. The molecule has 0 saturated heterocycles. The quantitative estimate of drug-likeness (QED) is 0.644. The number of amides is 2. The van der Waals surface area contributed by atoms with Gasteiger partial charge < -0.3 is 16.0 Å². The van der Waals surface area contributed by atoms with Crippen LogP contribution in [0, 0.1) is 5.92 Å². The van der Waals surface area contributed by atoms with Crippen molar-refractivity contribution in [3.8, 4) is 0 Å². The van der Waals surface area contributed by atoms with Crippen LogP contribution < -0.4 is 11.1 Å². The summed E-state index contributed by atoms with van der Waals surface area (Å²) < 4.78 is 0. The molecular formula is C11H21N3O2S. The van der Waals surface area contributed by atoms with E-state index >= 15 is 0 Å². The Morgan fingerprint density at radius 2 is 1.82 bits per heavy atom. The van der Waals surface area contributed by atoms with Gasteiger partial charge in [-0.05, 0) is 20.3 Å². The van der Waals surface area contributed by atoms with Crippen LogP contribution in [-0.2, 0) is 9.59 Å². The largest absolute Gasteiger partial charge is 0.393 e. The SMILES string of the molecule is CCC(C(=O)NCC(=O)N(CC)CC)C(N)=S. The molecule has 1 atom stereocenters. The van der Waals surface area contributed by atoms with Gasteiger partial charge in [-0.15, -0.1) is 0 Å². The number of nitrogens with zero attached hydrogens (tertiary/aromatic N) is 1. The first-order chi connectivity index (χ1) is 7.97. The molecule has 0 aliphatic heterocycles. The molecule has 0 heterocycles. The van der Waals surface area contributed by atoms with Gasteiger partial charge in [-0.2, -0.15) is 0 Å². The van der Waals surface area contributed by atoms with Crippen LogP contribution in [0.3, 0.4) is 0 Å². The van der Waals surface area contributed by atoms with Crippen molar-refractivity contribution in [1.82, 2.24) is 10.2 Å². The third kappa shape index (κ3) is 5.12. The average Bonchev–Trinajstić information content (AvgIpc) is 2.28. The first-order valence-electron chi connectivity index (χ1n) is 5.82. The molecule has 6 heteroatoms. The molecule has 0 fully saturated rings. The Morgan fingerprint density at radius 3 is 2.18 bits per heavy atom. The molecule has 0 aromatic carbocycles. The summed E-state index contributed by atoms with van der Waals surface area (Å²) in [6.07, 6.45) is 0.542. The first kappa shape index (κ1) is 15.8. The van der Waals surface area contributed by atoms with E-state index in [4.69, 9.17) is 18.0 Å². The highest BCUT2D eigenvalue weighted by atomic mass is 32.1. The van der Waals surface area contributed by atoms with E-state index < -0.39 is 5.92 Å². The number of likely N-dealkylation sites (N-methyl/N-ethyl adjacent to an activating group) is 1. The summed E-state index contributed by atoms with van der Waals surface area (Å²) in [6.45, 7) is 6.89. The maximum atomic E-state index is 11.7. The molecule has 3 N–H and O–H groups in total. The van der Waals surface area contributed by atoms with Crippen molar-refractivity contribution in [3.63, 3.8) is 0 Å². The number of carbonyl (C=O) groups excluding carboxylic acids is 2. The number of thiocarbonyl (C=S) groups is 1. The van der Waals surface area contributed by atoms with Crippen LogP contribution >= 0.6 is 12.2 Å². The molecule has 98 valence electrons. The second-order valence-electron chi connectivity index (χ2n) is 3.65. The lowest BCUT2D eigenvalue weighted by Crippen LogP contribution is -2.44. The average molecular weight is 259 g/mol. The number of nitrogens with one attached hydrogen (secondary N) is 1. The van der Waals surface area contributed by atoms with Gasteiger partial charge in [0.15, 0.2) is 0 Å². The summed E-state index contributed by atoms with van der Waals surface area (Å²) in [5.74, 6) is -0.865. The molecule has 0 spiro atoms. The highest BCUT2D eigenvalue weighted by Crippen LogP contribution is 2.02. The molecule has 0 rings (SSSR count). The van der Waals surface area contributed by atoms with Crippen LogP contribution in [0.4, 0.5) is 0 Å². The number of hydrogen-bond donors (Lipinski definition) is 2. The fourth-order valence-corrected chi connectivity index (χ4v) is 1.76. The fraction of sp³-hybridized carbons (Fsp3) is 0.727. The van der Waals surface area contributed by atoms with E-state index in [0.717, 1.165) is 0 Å². The van der Waals surface area contributed by atoms with Gasteiger partial charge in [0, 0.05) is 13.1 Å². The second kappa shape index (κ2) is 8.00. The second-order valence-corrected chi connectivity index (χ2v) is 4.12. The molecule has 17 heavy (non-hydrogen) atoms. The highest BCUT2D eigenvalue weighted by molar-refractivity contribution is 7.80. The van der Waals surface area contributed by atoms with Crippen molar-refractivity contribution >= 4 is 29.0 Å². The molecule has 0 aromatic rings. The predicted molar refractivity (Wildman–Crippen MR) is 71.5 cm³/mol. The van der Waals surface area contributed by atoms with Gasteiger partial charge in [0.25, 0.3) is 0 Å². The molecule has 0 aliphatic rings.